The first kappa shape index (κ1) is 19.6. The quantitative estimate of drug-likeness (QED) is 0.715. The van der Waals surface area contributed by atoms with Crippen LogP contribution in [0.2, 0.25) is 0 Å². The lowest BCUT2D eigenvalue weighted by molar-refractivity contribution is -0.141. The van der Waals surface area contributed by atoms with Crippen molar-refractivity contribution in [1.29, 1.82) is 0 Å². The summed E-state index contributed by atoms with van der Waals surface area (Å²) < 4.78 is 4.90. The molecule has 1 amide bonds. The van der Waals surface area contributed by atoms with E-state index in [4.69, 9.17) is 4.74 Å². The molecule has 1 heterocycles. The number of aromatic nitrogens is 1. The highest BCUT2D eigenvalue weighted by atomic mass is 16.5. The molecule has 2 unspecified atom stereocenters. The number of carbonyl (C=O) groups excluding carboxylic acids is 2. The molecule has 5 heteroatoms. The molecule has 2 rings (SSSR count). The van der Waals surface area contributed by atoms with Crippen LogP contribution < -0.4 is 0 Å². The summed E-state index contributed by atoms with van der Waals surface area (Å²) in [6.45, 7) is 3.95. The zero-order valence-corrected chi connectivity index (χ0v) is 15.8. The van der Waals surface area contributed by atoms with Crippen molar-refractivity contribution in [2.75, 3.05) is 14.2 Å². The van der Waals surface area contributed by atoms with E-state index in [1.54, 1.807) is 24.3 Å². The Balaban J connectivity index is 2.54. The minimum atomic E-state index is -0.481. The molecule has 0 spiro atoms. The van der Waals surface area contributed by atoms with E-state index in [2.05, 4.69) is 4.98 Å². The van der Waals surface area contributed by atoms with Gasteiger partial charge in [0, 0.05) is 31.4 Å². The lowest BCUT2D eigenvalue weighted by atomic mass is 9.78. The fraction of sp³-hybridized carbons (Fsp3) is 0.381. The van der Waals surface area contributed by atoms with E-state index >= 15 is 0 Å². The monoisotopic (exact) mass is 354 g/mol. The van der Waals surface area contributed by atoms with Crippen LogP contribution in [0.15, 0.2) is 54.9 Å². The van der Waals surface area contributed by atoms with Crippen molar-refractivity contribution in [2.24, 2.45) is 0 Å². The molecular weight excluding hydrogens is 328 g/mol. The van der Waals surface area contributed by atoms with E-state index < -0.39 is 5.92 Å². The highest BCUT2D eigenvalue weighted by Crippen LogP contribution is 2.37. The van der Waals surface area contributed by atoms with Gasteiger partial charge in [0.2, 0.25) is 5.91 Å². The van der Waals surface area contributed by atoms with Crippen LogP contribution in [0.3, 0.4) is 0 Å². The number of likely N-dealkylation sites (N-methyl/N-ethyl adjacent to an activating group) is 1. The Bertz CT molecular complexity index is 717. The van der Waals surface area contributed by atoms with E-state index in [9.17, 15) is 9.59 Å². The van der Waals surface area contributed by atoms with Crippen molar-refractivity contribution in [1.82, 2.24) is 9.88 Å². The number of esters is 1. The molecule has 1 aromatic carbocycles. The van der Waals surface area contributed by atoms with E-state index in [1.165, 1.54) is 7.11 Å². The van der Waals surface area contributed by atoms with E-state index in [0.717, 1.165) is 11.1 Å². The Morgan fingerprint density at radius 3 is 2.19 bits per heavy atom. The molecule has 0 N–H and O–H groups in total. The molecule has 2 aromatic rings. The maximum atomic E-state index is 13.3. The predicted octanol–water partition coefficient (Wildman–Crippen LogP) is 3.38. The van der Waals surface area contributed by atoms with Crippen LogP contribution in [-0.4, -0.2) is 42.0 Å². The van der Waals surface area contributed by atoms with Crippen molar-refractivity contribution in [3.8, 4) is 0 Å². The van der Waals surface area contributed by atoms with Gasteiger partial charge in [0.1, 0.15) is 0 Å². The molecule has 0 aliphatic heterocycles. The van der Waals surface area contributed by atoms with Crippen molar-refractivity contribution in [3.05, 3.63) is 66.0 Å². The zero-order chi connectivity index (χ0) is 19.1. The van der Waals surface area contributed by atoms with Gasteiger partial charge in [-0.15, -0.1) is 0 Å². The molecule has 0 aliphatic rings. The number of pyridine rings is 1. The fourth-order valence-corrected chi connectivity index (χ4v) is 2.98. The minimum Gasteiger partial charge on any atom is -0.469 e. The lowest BCUT2D eigenvalue weighted by Gasteiger charge is -2.32. The van der Waals surface area contributed by atoms with Crippen LogP contribution in [0.1, 0.15) is 43.2 Å². The van der Waals surface area contributed by atoms with Gasteiger partial charge in [-0.3, -0.25) is 14.6 Å². The SMILES string of the molecule is COC(=O)CC(c1ccncc1)C(C(=O)N(C)C(C)C)c1ccccc1. The smallest absolute Gasteiger partial charge is 0.306 e. The minimum absolute atomic E-state index is 0.0167. The van der Waals surface area contributed by atoms with Crippen molar-refractivity contribution >= 4 is 11.9 Å². The molecule has 26 heavy (non-hydrogen) atoms. The number of carbonyl (C=O) groups is 2. The van der Waals surface area contributed by atoms with Gasteiger partial charge in [-0.1, -0.05) is 30.3 Å². The summed E-state index contributed by atoms with van der Waals surface area (Å²) in [6, 6.07) is 13.4. The third-order valence-electron chi connectivity index (χ3n) is 4.70. The second-order valence-corrected chi connectivity index (χ2v) is 6.60. The molecule has 0 bridgehead atoms. The Kier molecular flexibility index (Phi) is 6.89. The van der Waals surface area contributed by atoms with Gasteiger partial charge in [-0.25, -0.2) is 0 Å². The number of nitrogens with zero attached hydrogens (tertiary/aromatic N) is 2. The number of methoxy groups -OCH3 is 1. The average molecular weight is 354 g/mol. The lowest BCUT2D eigenvalue weighted by Crippen LogP contribution is -2.39. The summed E-state index contributed by atoms with van der Waals surface area (Å²) in [6.07, 6.45) is 3.48. The van der Waals surface area contributed by atoms with E-state index in [1.807, 2.05) is 56.3 Å². The van der Waals surface area contributed by atoms with Gasteiger partial charge in [0.05, 0.1) is 19.4 Å². The number of hydrogen-bond acceptors (Lipinski definition) is 4. The van der Waals surface area contributed by atoms with Gasteiger partial charge in [0.15, 0.2) is 0 Å². The zero-order valence-electron chi connectivity index (χ0n) is 15.8. The Labute approximate surface area is 155 Å². The van der Waals surface area contributed by atoms with Gasteiger partial charge in [-0.2, -0.15) is 0 Å². The first-order valence-electron chi connectivity index (χ1n) is 8.74. The largest absolute Gasteiger partial charge is 0.469 e. The maximum Gasteiger partial charge on any atom is 0.306 e. The first-order chi connectivity index (χ1) is 12.5. The van der Waals surface area contributed by atoms with Crippen LogP contribution in [0.4, 0.5) is 0 Å². The van der Waals surface area contributed by atoms with Crippen molar-refractivity contribution < 1.29 is 14.3 Å². The van der Waals surface area contributed by atoms with Crippen LogP contribution in [0.5, 0.6) is 0 Å². The summed E-state index contributed by atoms with van der Waals surface area (Å²) in [7, 11) is 3.16. The Hall–Kier alpha value is -2.69. The van der Waals surface area contributed by atoms with Crippen LogP contribution in [0, 0.1) is 0 Å². The van der Waals surface area contributed by atoms with E-state index in [0.29, 0.717) is 0 Å². The van der Waals surface area contributed by atoms with E-state index in [-0.39, 0.29) is 30.3 Å². The Morgan fingerprint density at radius 1 is 1.04 bits per heavy atom. The topological polar surface area (TPSA) is 59.5 Å². The summed E-state index contributed by atoms with van der Waals surface area (Å²) in [5.74, 6) is -1.17. The van der Waals surface area contributed by atoms with Crippen LogP contribution in [-0.2, 0) is 14.3 Å². The van der Waals surface area contributed by atoms with Gasteiger partial charge < -0.3 is 9.64 Å². The Morgan fingerprint density at radius 2 is 1.65 bits per heavy atom. The standard InChI is InChI=1S/C21H26N2O3/c1-15(2)23(3)21(25)20(17-8-6-5-7-9-17)18(14-19(24)26-4)16-10-12-22-13-11-16/h5-13,15,18,20H,14H2,1-4H3. The van der Waals surface area contributed by atoms with Gasteiger partial charge in [0.25, 0.3) is 0 Å². The third-order valence-corrected chi connectivity index (χ3v) is 4.70. The highest BCUT2D eigenvalue weighted by molar-refractivity contribution is 5.86. The van der Waals surface area contributed by atoms with Crippen LogP contribution >= 0.6 is 0 Å². The molecule has 0 aliphatic carbocycles. The normalized spacial score (nSPS) is 13.1. The fourth-order valence-electron chi connectivity index (χ4n) is 2.98. The first-order valence-corrected chi connectivity index (χ1v) is 8.74. The summed E-state index contributed by atoms with van der Waals surface area (Å²) in [5, 5.41) is 0. The molecular formula is C21H26N2O3. The number of rotatable bonds is 7. The van der Waals surface area contributed by atoms with Gasteiger partial charge >= 0.3 is 5.97 Å². The average Bonchev–Trinajstić information content (AvgIpc) is 2.67. The third kappa shape index (κ3) is 4.69. The molecule has 5 nitrogen and oxygen atoms in total. The number of hydrogen-bond donors (Lipinski definition) is 0. The molecule has 0 fully saturated rings. The predicted molar refractivity (Wildman–Crippen MR) is 101 cm³/mol. The summed E-state index contributed by atoms with van der Waals surface area (Å²) in [5.41, 5.74) is 1.78. The molecule has 0 radical (unpaired) electrons. The number of amides is 1. The number of ether oxygens (including phenoxy) is 1. The molecule has 138 valence electrons. The second kappa shape index (κ2) is 9.13. The maximum absolute atomic E-state index is 13.3. The van der Waals surface area contributed by atoms with Gasteiger partial charge in [-0.05, 0) is 37.1 Å². The molecule has 0 saturated carbocycles. The van der Waals surface area contributed by atoms with Crippen molar-refractivity contribution in [2.45, 2.75) is 38.1 Å². The summed E-state index contributed by atoms with van der Waals surface area (Å²) >= 11 is 0. The summed E-state index contributed by atoms with van der Waals surface area (Å²) in [4.78, 5) is 31.2. The molecule has 1 aromatic heterocycles. The second-order valence-electron chi connectivity index (χ2n) is 6.60. The molecule has 2 atom stereocenters. The van der Waals surface area contributed by atoms with Crippen LogP contribution in [0.25, 0.3) is 0 Å². The molecule has 0 saturated heterocycles. The number of benzene rings is 1. The highest BCUT2D eigenvalue weighted by Gasteiger charge is 2.35. The van der Waals surface area contributed by atoms with Crippen molar-refractivity contribution in [3.63, 3.8) is 0 Å².